The number of ketones is 1. The largest absolute Gasteiger partial charge is 0.391 e. The first-order valence-electron chi connectivity index (χ1n) is 7.65. The van der Waals surface area contributed by atoms with E-state index in [9.17, 15) is 9.90 Å². The molecule has 1 aromatic heterocycles. The molecule has 2 aromatic rings. The minimum Gasteiger partial charge on any atom is -0.391 e. The molecule has 1 aliphatic heterocycles. The van der Waals surface area contributed by atoms with Gasteiger partial charge in [0.15, 0.2) is 5.78 Å². The Balaban J connectivity index is 1.55. The Hall–Kier alpha value is -2.04. The molecule has 4 nitrogen and oxygen atoms in total. The molecule has 0 amide bonds. The number of pyridine rings is 1. The van der Waals surface area contributed by atoms with Crippen LogP contribution in [0.3, 0.4) is 0 Å². The van der Waals surface area contributed by atoms with Crippen LogP contribution in [-0.4, -0.2) is 28.0 Å². The number of hydrogen-bond donors (Lipinski definition) is 2. The van der Waals surface area contributed by atoms with Crippen molar-refractivity contribution in [2.24, 2.45) is 0 Å². The Kier molecular flexibility index (Phi) is 4.61. The van der Waals surface area contributed by atoms with Crippen molar-refractivity contribution in [3.8, 4) is 0 Å². The van der Waals surface area contributed by atoms with Crippen LogP contribution in [0, 0.1) is 0 Å². The molecule has 4 heteroatoms. The second-order valence-corrected chi connectivity index (χ2v) is 5.73. The summed E-state index contributed by atoms with van der Waals surface area (Å²) in [5.74, 6) is 0.0534. The third kappa shape index (κ3) is 3.40. The molecule has 2 heterocycles. The van der Waals surface area contributed by atoms with Crippen LogP contribution in [0.4, 0.5) is 0 Å². The van der Waals surface area contributed by atoms with Crippen molar-refractivity contribution in [1.82, 2.24) is 10.3 Å². The molecule has 22 heavy (non-hydrogen) atoms. The molecule has 2 atom stereocenters. The summed E-state index contributed by atoms with van der Waals surface area (Å²) in [4.78, 5) is 16.0. The number of aliphatic hydroxyl groups is 1. The van der Waals surface area contributed by atoms with E-state index in [-0.39, 0.29) is 11.8 Å². The molecule has 114 valence electrons. The summed E-state index contributed by atoms with van der Waals surface area (Å²) in [6.07, 6.45) is 4.35. The molecular formula is C18H20N2O2. The molecule has 0 aliphatic carbocycles. The predicted molar refractivity (Wildman–Crippen MR) is 84.6 cm³/mol. The number of nitrogens with one attached hydrogen (secondary N) is 1. The van der Waals surface area contributed by atoms with Gasteiger partial charge in [-0.15, -0.1) is 0 Å². The van der Waals surface area contributed by atoms with Gasteiger partial charge in [-0.1, -0.05) is 24.3 Å². The minimum absolute atomic E-state index is 0.0140. The first-order valence-corrected chi connectivity index (χ1v) is 7.65. The average Bonchev–Trinajstić information content (AvgIpc) is 2.59. The van der Waals surface area contributed by atoms with Crippen LogP contribution in [0.25, 0.3) is 0 Å². The molecule has 0 bridgehead atoms. The van der Waals surface area contributed by atoms with Crippen LogP contribution in [0.1, 0.15) is 34.3 Å². The summed E-state index contributed by atoms with van der Waals surface area (Å²) >= 11 is 0. The number of aromatic nitrogens is 1. The van der Waals surface area contributed by atoms with Crippen molar-refractivity contribution >= 4 is 5.78 Å². The van der Waals surface area contributed by atoms with E-state index < -0.39 is 6.10 Å². The van der Waals surface area contributed by atoms with Crippen molar-refractivity contribution in [3.05, 3.63) is 65.5 Å². The number of fused-ring (bicyclic) bond motifs is 1. The van der Waals surface area contributed by atoms with E-state index in [0.717, 1.165) is 13.0 Å². The van der Waals surface area contributed by atoms with Crippen molar-refractivity contribution in [2.75, 3.05) is 0 Å². The molecule has 0 saturated heterocycles. The minimum atomic E-state index is -0.515. The normalized spacial score (nSPS) is 18.5. The highest BCUT2D eigenvalue weighted by Crippen LogP contribution is 2.19. The highest BCUT2D eigenvalue weighted by atomic mass is 16.3. The highest BCUT2D eigenvalue weighted by Gasteiger charge is 2.24. The lowest BCUT2D eigenvalue weighted by atomic mass is 9.91. The van der Waals surface area contributed by atoms with Gasteiger partial charge in [-0.2, -0.15) is 0 Å². The fourth-order valence-corrected chi connectivity index (χ4v) is 2.91. The Morgan fingerprint density at radius 2 is 1.95 bits per heavy atom. The maximum absolute atomic E-state index is 12.1. The highest BCUT2D eigenvalue weighted by molar-refractivity contribution is 5.95. The summed E-state index contributed by atoms with van der Waals surface area (Å²) in [5, 5.41) is 13.7. The van der Waals surface area contributed by atoms with Gasteiger partial charge >= 0.3 is 0 Å². The summed E-state index contributed by atoms with van der Waals surface area (Å²) < 4.78 is 0. The van der Waals surface area contributed by atoms with E-state index in [2.05, 4.69) is 22.4 Å². The van der Waals surface area contributed by atoms with Gasteiger partial charge in [0.05, 0.1) is 6.10 Å². The van der Waals surface area contributed by atoms with Crippen LogP contribution in [0.5, 0.6) is 0 Å². The number of rotatable bonds is 5. The van der Waals surface area contributed by atoms with Crippen LogP contribution in [-0.2, 0) is 13.0 Å². The topological polar surface area (TPSA) is 62.2 Å². The van der Waals surface area contributed by atoms with Crippen LogP contribution < -0.4 is 5.32 Å². The molecule has 0 saturated carbocycles. The standard InChI is InChI=1S/C18H20N2O2/c21-17(13-7-9-19-10-8-13)5-6-18(22)16-11-14-3-1-2-4-15(14)12-20-16/h1-4,7-10,16,18,20,22H,5-6,11-12H2/t16-,18+/m0/s1. The molecule has 0 radical (unpaired) electrons. The fraction of sp³-hybridized carbons (Fsp3) is 0.333. The molecule has 1 aliphatic rings. The van der Waals surface area contributed by atoms with Crippen molar-refractivity contribution in [2.45, 2.75) is 38.0 Å². The van der Waals surface area contributed by atoms with Gasteiger partial charge in [0, 0.05) is 37.0 Å². The van der Waals surface area contributed by atoms with E-state index in [1.807, 2.05) is 12.1 Å². The quantitative estimate of drug-likeness (QED) is 0.830. The Morgan fingerprint density at radius 3 is 2.73 bits per heavy atom. The van der Waals surface area contributed by atoms with E-state index in [4.69, 9.17) is 0 Å². The number of carbonyl (C=O) groups excluding carboxylic acids is 1. The molecular weight excluding hydrogens is 276 g/mol. The van der Waals surface area contributed by atoms with Gasteiger partial charge < -0.3 is 10.4 Å². The maximum atomic E-state index is 12.1. The van der Waals surface area contributed by atoms with Gasteiger partial charge in [0.25, 0.3) is 0 Å². The summed E-state index contributed by atoms with van der Waals surface area (Å²) in [6.45, 7) is 0.774. The SMILES string of the molecule is O=C(CC[C@@H](O)[C@@H]1Cc2ccccc2CN1)c1ccncc1. The van der Waals surface area contributed by atoms with Gasteiger partial charge in [-0.3, -0.25) is 9.78 Å². The smallest absolute Gasteiger partial charge is 0.163 e. The van der Waals surface area contributed by atoms with Crippen molar-refractivity contribution in [1.29, 1.82) is 0 Å². The number of benzene rings is 1. The summed E-state index contributed by atoms with van der Waals surface area (Å²) in [6, 6.07) is 11.7. The van der Waals surface area contributed by atoms with Crippen LogP contribution in [0.15, 0.2) is 48.8 Å². The molecule has 0 fully saturated rings. The maximum Gasteiger partial charge on any atom is 0.163 e. The Labute approximate surface area is 130 Å². The van der Waals surface area contributed by atoms with E-state index in [0.29, 0.717) is 18.4 Å². The predicted octanol–water partition coefficient (Wildman–Crippen LogP) is 2.12. The number of nitrogens with zero attached hydrogens (tertiary/aromatic N) is 1. The molecule has 2 N–H and O–H groups in total. The van der Waals surface area contributed by atoms with Crippen LogP contribution in [0.2, 0.25) is 0 Å². The number of Topliss-reactive ketones (excluding diaryl/α,β-unsaturated/α-hetero) is 1. The van der Waals surface area contributed by atoms with Crippen molar-refractivity contribution in [3.63, 3.8) is 0 Å². The lowest BCUT2D eigenvalue weighted by molar-refractivity contribution is 0.0877. The third-order valence-electron chi connectivity index (χ3n) is 4.25. The van der Waals surface area contributed by atoms with Crippen molar-refractivity contribution < 1.29 is 9.90 Å². The summed E-state index contributed by atoms with van der Waals surface area (Å²) in [5.41, 5.74) is 3.23. The average molecular weight is 296 g/mol. The first-order chi connectivity index (χ1) is 10.7. The second kappa shape index (κ2) is 6.81. The number of hydrogen-bond acceptors (Lipinski definition) is 4. The Morgan fingerprint density at radius 1 is 1.23 bits per heavy atom. The zero-order chi connectivity index (χ0) is 15.4. The van der Waals surface area contributed by atoms with Gasteiger partial charge in [0.2, 0.25) is 0 Å². The monoisotopic (exact) mass is 296 g/mol. The van der Waals surface area contributed by atoms with Gasteiger partial charge in [-0.05, 0) is 36.1 Å². The van der Waals surface area contributed by atoms with Gasteiger partial charge in [0.1, 0.15) is 0 Å². The number of carbonyl (C=O) groups is 1. The van der Waals surface area contributed by atoms with E-state index in [1.165, 1.54) is 11.1 Å². The zero-order valence-corrected chi connectivity index (χ0v) is 12.4. The first kappa shape index (κ1) is 14.9. The van der Waals surface area contributed by atoms with Gasteiger partial charge in [-0.25, -0.2) is 0 Å². The summed E-state index contributed by atoms with van der Waals surface area (Å²) in [7, 11) is 0. The Bertz CT molecular complexity index is 643. The molecule has 3 rings (SSSR count). The van der Waals surface area contributed by atoms with E-state index >= 15 is 0 Å². The number of aliphatic hydroxyl groups excluding tert-OH is 1. The fourth-order valence-electron chi connectivity index (χ4n) is 2.91. The zero-order valence-electron chi connectivity index (χ0n) is 12.4. The molecule has 0 spiro atoms. The lowest BCUT2D eigenvalue weighted by Gasteiger charge is -2.29. The lowest BCUT2D eigenvalue weighted by Crippen LogP contribution is -2.44. The molecule has 0 unspecified atom stereocenters. The van der Waals surface area contributed by atoms with E-state index in [1.54, 1.807) is 24.5 Å². The second-order valence-electron chi connectivity index (χ2n) is 5.73. The molecule has 1 aromatic carbocycles. The van der Waals surface area contributed by atoms with Crippen LogP contribution >= 0.6 is 0 Å². The third-order valence-corrected chi connectivity index (χ3v) is 4.25.